The number of urea groups is 1. The number of carbonyl (C=O) groups excluding carboxylic acids is 1. The maximum absolute atomic E-state index is 11.9. The molecule has 0 spiro atoms. The van der Waals surface area contributed by atoms with Crippen molar-refractivity contribution in [2.45, 2.75) is 32.6 Å². The number of benzene rings is 1. The molecule has 1 aromatic carbocycles. The van der Waals surface area contributed by atoms with Crippen molar-refractivity contribution >= 4 is 33.6 Å². The molecule has 6 heteroatoms. The van der Waals surface area contributed by atoms with Gasteiger partial charge in [0, 0.05) is 11.0 Å². The van der Waals surface area contributed by atoms with Crippen LogP contribution in [-0.2, 0) is 0 Å². The minimum Gasteiger partial charge on any atom is -0.478 e. The first-order valence-corrected chi connectivity index (χ1v) is 7.77. The minimum absolute atomic E-state index is 0.0617. The largest absolute Gasteiger partial charge is 0.478 e. The summed E-state index contributed by atoms with van der Waals surface area (Å²) in [5.41, 5.74) is 0.513. The van der Waals surface area contributed by atoms with Crippen molar-refractivity contribution in [3.05, 3.63) is 28.2 Å². The van der Waals surface area contributed by atoms with Gasteiger partial charge in [0.15, 0.2) is 0 Å². The average Bonchev–Trinajstić information content (AvgIpc) is 2.86. The van der Waals surface area contributed by atoms with Crippen LogP contribution >= 0.6 is 15.9 Å². The first-order chi connectivity index (χ1) is 9.89. The van der Waals surface area contributed by atoms with E-state index in [1.165, 1.54) is 18.9 Å². The van der Waals surface area contributed by atoms with E-state index in [-0.39, 0.29) is 17.0 Å². The quantitative estimate of drug-likeness (QED) is 0.768. The fourth-order valence-corrected chi connectivity index (χ4v) is 3.03. The summed E-state index contributed by atoms with van der Waals surface area (Å²) in [7, 11) is 0. The molecular weight excluding hydrogens is 336 g/mol. The number of hydrogen-bond acceptors (Lipinski definition) is 2. The zero-order valence-electron chi connectivity index (χ0n) is 11.9. The smallest absolute Gasteiger partial charge is 0.337 e. The highest BCUT2D eigenvalue weighted by Gasteiger charge is 2.28. The number of carboxylic acid groups (broad SMARTS) is 1. The van der Waals surface area contributed by atoms with Crippen LogP contribution in [0.4, 0.5) is 10.5 Å². The van der Waals surface area contributed by atoms with Crippen LogP contribution in [-0.4, -0.2) is 23.7 Å². The predicted molar refractivity (Wildman–Crippen MR) is 84.7 cm³/mol. The molecule has 2 rings (SSSR count). The molecule has 0 aliphatic heterocycles. The van der Waals surface area contributed by atoms with Crippen LogP contribution in [0.1, 0.15) is 43.0 Å². The van der Waals surface area contributed by atoms with Crippen LogP contribution in [0, 0.1) is 5.41 Å². The van der Waals surface area contributed by atoms with Gasteiger partial charge in [-0.2, -0.15) is 0 Å². The Morgan fingerprint density at radius 2 is 2.00 bits per heavy atom. The Morgan fingerprint density at radius 3 is 2.62 bits per heavy atom. The Morgan fingerprint density at radius 1 is 1.33 bits per heavy atom. The highest BCUT2D eigenvalue weighted by Crippen LogP contribution is 2.36. The second-order valence-electron chi connectivity index (χ2n) is 5.82. The summed E-state index contributed by atoms with van der Waals surface area (Å²) >= 11 is 3.22. The van der Waals surface area contributed by atoms with Gasteiger partial charge in [-0.15, -0.1) is 0 Å². The SMILES string of the molecule is CC1(CNC(=O)Nc2ccc(Br)cc2C(=O)O)CCCC1. The average molecular weight is 355 g/mol. The van der Waals surface area contributed by atoms with Crippen molar-refractivity contribution in [3.63, 3.8) is 0 Å². The molecule has 21 heavy (non-hydrogen) atoms. The molecule has 0 unspecified atom stereocenters. The van der Waals surface area contributed by atoms with Crippen LogP contribution in [0.3, 0.4) is 0 Å². The molecule has 1 aliphatic rings. The monoisotopic (exact) mass is 354 g/mol. The fourth-order valence-electron chi connectivity index (χ4n) is 2.67. The molecule has 0 bridgehead atoms. The van der Waals surface area contributed by atoms with E-state index in [0.29, 0.717) is 16.7 Å². The van der Waals surface area contributed by atoms with Gasteiger partial charge in [0.1, 0.15) is 0 Å². The van der Waals surface area contributed by atoms with Gasteiger partial charge in [0.05, 0.1) is 11.3 Å². The molecule has 0 radical (unpaired) electrons. The van der Waals surface area contributed by atoms with E-state index in [1.807, 2.05) is 0 Å². The number of aromatic carboxylic acids is 1. The van der Waals surface area contributed by atoms with Crippen molar-refractivity contribution in [2.24, 2.45) is 5.41 Å². The molecule has 1 aliphatic carbocycles. The van der Waals surface area contributed by atoms with Gasteiger partial charge in [0.2, 0.25) is 0 Å². The van der Waals surface area contributed by atoms with Crippen molar-refractivity contribution in [1.29, 1.82) is 0 Å². The number of hydrogen-bond donors (Lipinski definition) is 3. The Balaban J connectivity index is 1.98. The summed E-state index contributed by atoms with van der Waals surface area (Å²) in [4.78, 5) is 23.1. The third-order valence-electron chi connectivity index (χ3n) is 3.95. The first kappa shape index (κ1) is 15.8. The summed E-state index contributed by atoms with van der Waals surface area (Å²) in [6.45, 7) is 2.78. The van der Waals surface area contributed by atoms with Crippen LogP contribution in [0.5, 0.6) is 0 Å². The molecule has 0 heterocycles. The number of carboxylic acids is 1. The van der Waals surface area contributed by atoms with E-state index in [1.54, 1.807) is 12.1 Å². The molecule has 3 N–H and O–H groups in total. The van der Waals surface area contributed by atoms with Gasteiger partial charge in [-0.25, -0.2) is 9.59 Å². The Labute approximate surface area is 132 Å². The van der Waals surface area contributed by atoms with E-state index in [0.717, 1.165) is 12.8 Å². The lowest BCUT2D eigenvalue weighted by atomic mass is 9.89. The molecule has 0 aromatic heterocycles. The summed E-state index contributed by atoms with van der Waals surface area (Å²) in [6.07, 6.45) is 4.64. The number of halogens is 1. The topological polar surface area (TPSA) is 78.4 Å². The van der Waals surface area contributed by atoms with E-state index in [2.05, 4.69) is 33.5 Å². The Hall–Kier alpha value is -1.56. The predicted octanol–water partition coefficient (Wildman–Crippen LogP) is 3.85. The third-order valence-corrected chi connectivity index (χ3v) is 4.44. The Bertz CT molecular complexity index is 554. The van der Waals surface area contributed by atoms with Crippen LogP contribution in [0.2, 0.25) is 0 Å². The minimum atomic E-state index is -1.07. The number of amides is 2. The van der Waals surface area contributed by atoms with E-state index in [9.17, 15) is 9.59 Å². The molecule has 2 amide bonds. The van der Waals surface area contributed by atoms with Crippen molar-refractivity contribution in [2.75, 3.05) is 11.9 Å². The van der Waals surface area contributed by atoms with E-state index in [4.69, 9.17) is 5.11 Å². The molecule has 5 nitrogen and oxygen atoms in total. The van der Waals surface area contributed by atoms with Gasteiger partial charge in [-0.3, -0.25) is 0 Å². The Kier molecular flexibility index (Phi) is 4.88. The van der Waals surface area contributed by atoms with Gasteiger partial charge < -0.3 is 15.7 Å². The maximum Gasteiger partial charge on any atom is 0.337 e. The molecule has 0 atom stereocenters. The van der Waals surface area contributed by atoms with Crippen LogP contribution < -0.4 is 10.6 Å². The molecule has 1 fully saturated rings. The van der Waals surface area contributed by atoms with Crippen LogP contribution in [0.25, 0.3) is 0 Å². The summed E-state index contributed by atoms with van der Waals surface area (Å²) < 4.78 is 0.657. The molecular formula is C15H19BrN2O3. The lowest BCUT2D eigenvalue weighted by Gasteiger charge is -2.23. The van der Waals surface area contributed by atoms with Crippen molar-refractivity contribution in [3.8, 4) is 0 Å². The molecule has 1 saturated carbocycles. The highest BCUT2D eigenvalue weighted by atomic mass is 79.9. The lowest BCUT2D eigenvalue weighted by Crippen LogP contribution is -2.37. The molecule has 1 aromatic rings. The molecule has 0 saturated heterocycles. The first-order valence-electron chi connectivity index (χ1n) is 6.97. The normalized spacial score (nSPS) is 16.5. The second kappa shape index (κ2) is 6.47. The van der Waals surface area contributed by atoms with Gasteiger partial charge in [-0.1, -0.05) is 35.7 Å². The van der Waals surface area contributed by atoms with E-state index < -0.39 is 5.97 Å². The fraction of sp³-hybridized carbons (Fsp3) is 0.467. The zero-order valence-corrected chi connectivity index (χ0v) is 13.5. The molecule has 114 valence electrons. The van der Waals surface area contributed by atoms with Crippen LogP contribution in [0.15, 0.2) is 22.7 Å². The zero-order chi connectivity index (χ0) is 15.5. The lowest BCUT2D eigenvalue weighted by molar-refractivity contribution is 0.0698. The van der Waals surface area contributed by atoms with E-state index >= 15 is 0 Å². The number of carbonyl (C=O) groups is 2. The number of nitrogens with one attached hydrogen (secondary N) is 2. The van der Waals surface area contributed by atoms with Gasteiger partial charge in [-0.05, 0) is 36.5 Å². The number of rotatable bonds is 4. The van der Waals surface area contributed by atoms with Gasteiger partial charge in [0.25, 0.3) is 0 Å². The standard InChI is InChI=1S/C15H19BrN2O3/c1-15(6-2-3-7-15)9-17-14(21)18-12-5-4-10(16)8-11(12)13(19)20/h4-5,8H,2-3,6-7,9H2,1H3,(H,19,20)(H2,17,18,21). The summed E-state index contributed by atoms with van der Waals surface area (Å²) in [5.74, 6) is -1.07. The summed E-state index contributed by atoms with van der Waals surface area (Å²) in [5, 5.41) is 14.6. The summed E-state index contributed by atoms with van der Waals surface area (Å²) in [6, 6.07) is 4.37. The number of anilines is 1. The highest BCUT2D eigenvalue weighted by molar-refractivity contribution is 9.10. The third kappa shape index (κ3) is 4.20. The second-order valence-corrected chi connectivity index (χ2v) is 6.74. The van der Waals surface area contributed by atoms with Crippen molar-refractivity contribution in [1.82, 2.24) is 5.32 Å². The maximum atomic E-state index is 11.9. The van der Waals surface area contributed by atoms with Crippen molar-refractivity contribution < 1.29 is 14.7 Å². The van der Waals surface area contributed by atoms with Gasteiger partial charge >= 0.3 is 12.0 Å².